The van der Waals surface area contributed by atoms with Gasteiger partial charge in [-0.2, -0.15) is 0 Å². The average molecular weight is 370 g/mol. The first-order chi connectivity index (χ1) is 13.8. The molecule has 0 saturated carbocycles. The molecule has 0 spiro atoms. The molecule has 0 fully saturated rings. The van der Waals surface area contributed by atoms with E-state index in [1.165, 1.54) is 0 Å². The predicted octanol–water partition coefficient (Wildman–Crippen LogP) is 5.07. The summed E-state index contributed by atoms with van der Waals surface area (Å²) >= 11 is 0. The highest BCUT2D eigenvalue weighted by Gasteiger charge is 2.14. The van der Waals surface area contributed by atoms with E-state index in [1.54, 1.807) is 6.26 Å². The monoisotopic (exact) mass is 370 g/mol. The third-order valence-corrected chi connectivity index (χ3v) is 4.64. The van der Waals surface area contributed by atoms with Crippen LogP contribution in [0.15, 0.2) is 95.6 Å². The first-order valence-corrected chi connectivity index (χ1v) is 9.34. The minimum Gasteiger partial charge on any atom is -0.468 e. The molecule has 4 aromatic rings. The summed E-state index contributed by atoms with van der Waals surface area (Å²) in [5, 5.41) is 5.22. The maximum absolute atomic E-state index is 12.8. The second-order valence-corrected chi connectivity index (χ2v) is 6.79. The van der Waals surface area contributed by atoms with Crippen molar-refractivity contribution in [2.24, 2.45) is 0 Å². The third kappa shape index (κ3) is 4.48. The van der Waals surface area contributed by atoms with Crippen molar-refractivity contribution < 1.29 is 9.21 Å². The van der Waals surface area contributed by atoms with Gasteiger partial charge in [0.05, 0.1) is 19.4 Å². The topological polar surface area (TPSA) is 45.5 Å². The van der Waals surface area contributed by atoms with Crippen molar-refractivity contribution in [3.8, 4) is 0 Å². The van der Waals surface area contributed by atoms with Gasteiger partial charge in [0.15, 0.2) is 0 Å². The summed E-state index contributed by atoms with van der Waals surface area (Å²) < 4.78 is 5.49. The van der Waals surface area contributed by atoms with Crippen LogP contribution in [0.4, 0.5) is 5.69 Å². The summed E-state index contributed by atoms with van der Waals surface area (Å²) in [6, 6.07) is 27.9. The number of nitrogens with one attached hydrogen (secondary N) is 1. The van der Waals surface area contributed by atoms with Gasteiger partial charge in [-0.25, -0.2) is 0 Å². The zero-order valence-electron chi connectivity index (χ0n) is 15.5. The van der Waals surface area contributed by atoms with Crippen molar-refractivity contribution >= 4 is 22.4 Å². The molecule has 140 valence electrons. The minimum atomic E-state index is -0.0427. The summed E-state index contributed by atoms with van der Waals surface area (Å²) in [6.45, 7) is 1.52. The molecule has 4 heteroatoms. The SMILES string of the molecule is O=C(CN(Cc1ccccc1)Cc1ccco1)Nc1cccc2ccccc12. The predicted molar refractivity (Wildman–Crippen MR) is 112 cm³/mol. The molecule has 4 nitrogen and oxygen atoms in total. The molecule has 0 radical (unpaired) electrons. The Morgan fingerprint density at radius 2 is 1.61 bits per heavy atom. The van der Waals surface area contributed by atoms with Gasteiger partial charge < -0.3 is 9.73 Å². The van der Waals surface area contributed by atoms with Crippen molar-refractivity contribution in [1.29, 1.82) is 0 Å². The summed E-state index contributed by atoms with van der Waals surface area (Å²) in [5.74, 6) is 0.799. The number of benzene rings is 3. The van der Waals surface area contributed by atoms with E-state index >= 15 is 0 Å². The van der Waals surface area contributed by atoms with Crippen LogP contribution >= 0.6 is 0 Å². The number of furan rings is 1. The zero-order chi connectivity index (χ0) is 19.2. The van der Waals surface area contributed by atoms with Gasteiger partial charge in [-0.3, -0.25) is 9.69 Å². The van der Waals surface area contributed by atoms with Gasteiger partial charge in [0, 0.05) is 17.6 Å². The van der Waals surface area contributed by atoms with E-state index in [4.69, 9.17) is 4.42 Å². The van der Waals surface area contributed by atoms with Crippen LogP contribution in [0.2, 0.25) is 0 Å². The third-order valence-electron chi connectivity index (χ3n) is 4.64. The Morgan fingerprint density at radius 3 is 2.43 bits per heavy atom. The van der Waals surface area contributed by atoms with Crippen LogP contribution in [0.25, 0.3) is 10.8 Å². The van der Waals surface area contributed by atoms with Crippen molar-refractivity contribution in [3.05, 3.63) is 103 Å². The number of fused-ring (bicyclic) bond motifs is 1. The van der Waals surface area contributed by atoms with E-state index in [2.05, 4.69) is 22.3 Å². The van der Waals surface area contributed by atoms with Gasteiger partial charge in [-0.1, -0.05) is 66.7 Å². The number of carbonyl (C=O) groups is 1. The number of hydrogen-bond donors (Lipinski definition) is 1. The molecule has 0 aliphatic carbocycles. The van der Waals surface area contributed by atoms with E-state index in [-0.39, 0.29) is 12.5 Å². The Kier molecular flexibility index (Phi) is 5.50. The van der Waals surface area contributed by atoms with E-state index in [1.807, 2.05) is 72.8 Å². The van der Waals surface area contributed by atoms with Gasteiger partial charge in [-0.15, -0.1) is 0 Å². The van der Waals surface area contributed by atoms with Crippen molar-refractivity contribution in [2.75, 3.05) is 11.9 Å². The summed E-state index contributed by atoms with van der Waals surface area (Å²) in [4.78, 5) is 14.9. The summed E-state index contributed by atoms with van der Waals surface area (Å²) in [6.07, 6.45) is 1.66. The Hall–Kier alpha value is -3.37. The van der Waals surface area contributed by atoms with E-state index < -0.39 is 0 Å². The lowest BCUT2D eigenvalue weighted by Gasteiger charge is -2.21. The molecule has 0 bridgehead atoms. The van der Waals surface area contributed by atoms with Crippen molar-refractivity contribution in [1.82, 2.24) is 4.90 Å². The summed E-state index contributed by atoms with van der Waals surface area (Å²) in [7, 11) is 0. The highest BCUT2D eigenvalue weighted by Crippen LogP contribution is 2.23. The highest BCUT2D eigenvalue weighted by atomic mass is 16.3. The highest BCUT2D eigenvalue weighted by molar-refractivity contribution is 6.02. The van der Waals surface area contributed by atoms with Crippen LogP contribution in [0.1, 0.15) is 11.3 Å². The van der Waals surface area contributed by atoms with Crippen LogP contribution in [0, 0.1) is 0 Å². The number of amides is 1. The van der Waals surface area contributed by atoms with Crippen molar-refractivity contribution in [2.45, 2.75) is 13.1 Å². The lowest BCUT2D eigenvalue weighted by Crippen LogP contribution is -2.32. The molecule has 4 rings (SSSR count). The molecule has 0 aliphatic rings. The van der Waals surface area contributed by atoms with Gasteiger partial charge in [0.25, 0.3) is 0 Å². The largest absolute Gasteiger partial charge is 0.468 e. The van der Waals surface area contributed by atoms with Crippen LogP contribution in [-0.2, 0) is 17.9 Å². The number of carbonyl (C=O) groups excluding carboxylic acids is 1. The van der Waals surface area contributed by atoms with Crippen molar-refractivity contribution in [3.63, 3.8) is 0 Å². The van der Waals surface area contributed by atoms with Gasteiger partial charge in [0.1, 0.15) is 5.76 Å². The first-order valence-electron chi connectivity index (χ1n) is 9.34. The standard InChI is InChI=1S/C24H22N2O2/c27-24(25-23-14-6-11-20-10-4-5-13-22(20)23)18-26(17-21-12-7-15-28-21)16-19-8-2-1-3-9-19/h1-15H,16-18H2,(H,25,27). The lowest BCUT2D eigenvalue weighted by molar-refractivity contribution is -0.117. The Labute approximate surface area is 164 Å². The van der Waals surface area contributed by atoms with Gasteiger partial charge in [0.2, 0.25) is 5.91 Å². The zero-order valence-corrected chi connectivity index (χ0v) is 15.5. The summed E-state index contributed by atoms with van der Waals surface area (Å²) in [5.41, 5.74) is 1.99. The number of nitrogens with zero attached hydrogens (tertiary/aromatic N) is 1. The molecule has 0 atom stereocenters. The molecule has 28 heavy (non-hydrogen) atoms. The lowest BCUT2D eigenvalue weighted by atomic mass is 10.1. The maximum Gasteiger partial charge on any atom is 0.238 e. The average Bonchev–Trinajstić information content (AvgIpc) is 3.22. The number of rotatable bonds is 7. The van der Waals surface area contributed by atoms with Gasteiger partial charge >= 0.3 is 0 Å². The van der Waals surface area contributed by atoms with E-state index in [0.29, 0.717) is 13.1 Å². The maximum atomic E-state index is 12.8. The normalized spacial score (nSPS) is 11.0. The molecule has 1 heterocycles. The second-order valence-electron chi connectivity index (χ2n) is 6.79. The minimum absolute atomic E-state index is 0.0427. The Bertz CT molecular complexity index is 1040. The molecule has 0 aliphatic heterocycles. The Morgan fingerprint density at radius 1 is 0.821 bits per heavy atom. The van der Waals surface area contributed by atoms with E-state index in [0.717, 1.165) is 27.8 Å². The number of hydrogen-bond acceptors (Lipinski definition) is 3. The van der Waals surface area contributed by atoms with Crippen LogP contribution in [0.5, 0.6) is 0 Å². The molecular weight excluding hydrogens is 348 g/mol. The molecular formula is C24H22N2O2. The fourth-order valence-corrected chi connectivity index (χ4v) is 3.36. The molecule has 0 unspecified atom stereocenters. The van der Waals surface area contributed by atoms with Crippen LogP contribution in [0.3, 0.4) is 0 Å². The fourth-order valence-electron chi connectivity index (χ4n) is 3.36. The molecule has 3 aromatic carbocycles. The molecule has 1 aromatic heterocycles. The smallest absolute Gasteiger partial charge is 0.238 e. The van der Waals surface area contributed by atoms with Crippen LogP contribution in [-0.4, -0.2) is 17.4 Å². The Balaban J connectivity index is 1.49. The molecule has 1 amide bonds. The molecule has 1 N–H and O–H groups in total. The van der Waals surface area contributed by atoms with E-state index in [9.17, 15) is 4.79 Å². The quantitative estimate of drug-likeness (QED) is 0.494. The first kappa shape index (κ1) is 18.0. The molecule has 0 saturated heterocycles. The van der Waals surface area contributed by atoms with Gasteiger partial charge in [-0.05, 0) is 29.1 Å². The number of anilines is 1. The fraction of sp³-hybridized carbons (Fsp3) is 0.125. The van der Waals surface area contributed by atoms with Crippen LogP contribution < -0.4 is 5.32 Å². The second kappa shape index (κ2) is 8.55.